The number of rotatable bonds is 3. The van der Waals surface area contributed by atoms with Crippen LogP contribution in [0.1, 0.15) is 13.0 Å². The largest absolute Gasteiger partial charge is 0.497 e. The van der Waals surface area contributed by atoms with Gasteiger partial charge in [-0.05, 0) is 19.1 Å². The Bertz CT molecular complexity index is 591. The molecule has 0 spiro atoms. The number of nitrogens with one attached hydrogen (secondary N) is 1. The van der Waals surface area contributed by atoms with Gasteiger partial charge in [-0.1, -0.05) is 0 Å². The molecule has 1 amide bonds. The molecular weight excluding hydrogens is 232 g/mol. The van der Waals surface area contributed by atoms with Crippen molar-refractivity contribution in [3.63, 3.8) is 0 Å². The van der Waals surface area contributed by atoms with Gasteiger partial charge in [-0.2, -0.15) is 0 Å². The zero-order valence-electron chi connectivity index (χ0n) is 10.6. The smallest absolute Gasteiger partial charge is 0.242 e. The van der Waals surface area contributed by atoms with E-state index >= 15 is 0 Å². The van der Waals surface area contributed by atoms with Crippen LogP contribution in [0, 0.1) is 0 Å². The average Bonchev–Trinajstić information content (AvgIpc) is 2.71. The first-order valence-electron chi connectivity index (χ1n) is 5.61. The molecule has 6 nitrogen and oxygen atoms in total. The van der Waals surface area contributed by atoms with Crippen LogP contribution in [-0.4, -0.2) is 29.6 Å². The molecule has 1 heterocycles. The lowest BCUT2D eigenvalue weighted by molar-refractivity contribution is -0.123. The first kappa shape index (κ1) is 12.2. The Morgan fingerprint density at radius 2 is 2.28 bits per heavy atom. The van der Waals surface area contributed by atoms with Gasteiger partial charge in [0.2, 0.25) is 11.9 Å². The molecular formula is C12H16N4O2. The van der Waals surface area contributed by atoms with E-state index in [1.807, 2.05) is 18.2 Å². The second-order valence-corrected chi connectivity index (χ2v) is 3.98. The number of fused-ring (bicyclic) bond motifs is 1. The van der Waals surface area contributed by atoms with E-state index in [4.69, 9.17) is 10.5 Å². The van der Waals surface area contributed by atoms with E-state index in [1.54, 1.807) is 25.6 Å². The number of ether oxygens (including phenoxy) is 1. The Hall–Kier alpha value is -2.24. The van der Waals surface area contributed by atoms with Crippen LogP contribution in [0.3, 0.4) is 0 Å². The summed E-state index contributed by atoms with van der Waals surface area (Å²) in [5, 5.41) is 2.60. The second kappa shape index (κ2) is 4.56. The third-order valence-corrected chi connectivity index (χ3v) is 2.94. The molecule has 1 aromatic heterocycles. The van der Waals surface area contributed by atoms with Crippen molar-refractivity contribution >= 4 is 22.9 Å². The number of aromatic nitrogens is 2. The lowest BCUT2D eigenvalue weighted by Gasteiger charge is -2.14. The standard InChI is InChI=1S/C12H16N4O2/c1-7(11(17)14-2)16-10-6-8(18-3)4-5-9(10)15-12(16)13/h4-7H,1-3H3,(H2,13,15)(H,14,17). The van der Waals surface area contributed by atoms with Crippen LogP contribution in [-0.2, 0) is 4.79 Å². The summed E-state index contributed by atoms with van der Waals surface area (Å²) in [7, 11) is 3.18. The van der Waals surface area contributed by atoms with Gasteiger partial charge in [-0.25, -0.2) is 4.98 Å². The normalized spacial score (nSPS) is 12.4. The Morgan fingerprint density at radius 1 is 1.56 bits per heavy atom. The molecule has 0 aliphatic rings. The van der Waals surface area contributed by atoms with Crippen LogP contribution in [0.5, 0.6) is 5.75 Å². The van der Waals surface area contributed by atoms with Crippen molar-refractivity contribution in [1.82, 2.24) is 14.9 Å². The molecule has 0 saturated heterocycles. The number of hydrogen-bond acceptors (Lipinski definition) is 4. The predicted octanol–water partition coefficient (Wildman–Crippen LogP) is 0.934. The monoisotopic (exact) mass is 248 g/mol. The van der Waals surface area contributed by atoms with Crippen LogP contribution in [0.4, 0.5) is 5.95 Å². The number of carbonyl (C=O) groups excluding carboxylic acids is 1. The molecule has 6 heteroatoms. The third kappa shape index (κ3) is 1.85. The predicted molar refractivity (Wildman–Crippen MR) is 69.5 cm³/mol. The number of nitrogens with zero attached hydrogens (tertiary/aromatic N) is 2. The van der Waals surface area contributed by atoms with E-state index in [-0.39, 0.29) is 5.91 Å². The minimum absolute atomic E-state index is 0.121. The summed E-state index contributed by atoms with van der Waals surface area (Å²) < 4.78 is 6.86. The van der Waals surface area contributed by atoms with Crippen molar-refractivity contribution in [3.05, 3.63) is 18.2 Å². The lowest BCUT2D eigenvalue weighted by atomic mass is 10.2. The summed E-state index contributed by atoms with van der Waals surface area (Å²) in [5.74, 6) is 0.894. The number of benzene rings is 1. The van der Waals surface area contributed by atoms with Crippen molar-refractivity contribution in [2.24, 2.45) is 0 Å². The molecule has 0 fully saturated rings. The molecule has 0 aliphatic heterocycles. The Balaban J connectivity index is 2.61. The van der Waals surface area contributed by atoms with Crippen LogP contribution in [0.15, 0.2) is 18.2 Å². The SMILES string of the molecule is CNC(=O)C(C)n1c(N)nc2ccc(OC)cc21. The van der Waals surface area contributed by atoms with Gasteiger partial charge < -0.3 is 15.8 Å². The summed E-state index contributed by atoms with van der Waals surface area (Å²) in [5.41, 5.74) is 7.39. The summed E-state index contributed by atoms with van der Waals surface area (Å²) in [6, 6.07) is 5.02. The molecule has 2 aromatic rings. The van der Waals surface area contributed by atoms with Crippen LogP contribution < -0.4 is 15.8 Å². The fourth-order valence-electron chi connectivity index (χ4n) is 1.95. The summed E-state index contributed by atoms with van der Waals surface area (Å²) in [6.07, 6.45) is 0. The van der Waals surface area contributed by atoms with Gasteiger partial charge >= 0.3 is 0 Å². The Kier molecular flexibility index (Phi) is 3.10. The zero-order chi connectivity index (χ0) is 13.3. The number of hydrogen-bond donors (Lipinski definition) is 2. The topological polar surface area (TPSA) is 82.2 Å². The maximum Gasteiger partial charge on any atom is 0.242 e. The van der Waals surface area contributed by atoms with E-state index in [9.17, 15) is 4.79 Å². The minimum atomic E-state index is -0.424. The molecule has 1 atom stereocenters. The highest BCUT2D eigenvalue weighted by atomic mass is 16.5. The molecule has 0 aliphatic carbocycles. The number of amides is 1. The van der Waals surface area contributed by atoms with E-state index in [2.05, 4.69) is 10.3 Å². The number of methoxy groups -OCH3 is 1. The molecule has 96 valence electrons. The molecule has 1 unspecified atom stereocenters. The quantitative estimate of drug-likeness (QED) is 0.846. The highest BCUT2D eigenvalue weighted by Crippen LogP contribution is 2.26. The molecule has 18 heavy (non-hydrogen) atoms. The Labute approximate surface area is 105 Å². The number of carbonyl (C=O) groups is 1. The maximum atomic E-state index is 11.7. The molecule has 0 radical (unpaired) electrons. The van der Waals surface area contributed by atoms with E-state index in [1.165, 1.54) is 0 Å². The molecule has 0 saturated carbocycles. The van der Waals surface area contributed by atoms with Crippen LogP contribution >= 0.6 is 0 Å². The van der Waals surface area contributed by atoms with Gasteiger partial charge in [-0.15, -0.1) is 0 Å². The number of anilines is 1. The van der Waals surface area contributed by atoms with Gasteiger partial charge in [0.1, 0.15) is 11.8 Å². The second-order valence-electron chi connectivity index (χ2n) is 3.98. The summed E-state index contributed by atoms with van der Waals surface area (Å²) in [6.45, 7) is 1.77. The molecule has 0 bridgehead atoms. The average molecular weight is 248 g/mol. The Morgan fingerprint density at radius 3 is 2.89 bits per heavy atom. The van der Waals surface area contributed by atoms with E-state index in [0.29, 0.717) is 11.7 Å². The number of imidazole rings is 1. The van der Waals surface area contributed by atoms with Gasteiger partial charge in [-0.3, -0.25) is 9.36 Å². The van der Waals surface area contributed by atoms with Gasteiger partial charge in [0.25, 0.3) is 0 Å². The highest BCUT2D eigenvalue weighted by molar-refractivity contribution is 5.86. The fourth-order valence-corrected chi connectivity index (χ4v) is 1.95. The minimum Gasteiger partial charge on any atom is -0.497 e. The third-order valence-electron chi connectivity index (χ3n) is 2.94. The molecule has 3 N–H and O–H groups in total. The van der Waals surface area contributed by atoms with Crippen molar-refractivity contribution in [2.75, 3.05) is 19.9 Å². The zero-order valence-corrected chi connectivity index (χ0v) is 10.6. The van der Waals surface area contributed by atoms with Crippen LogP contribution in [0.2, 0.25) is 0 Å². The number of nitrogens with two attached hydrogens (primary N) is 1. The molecule has 1 aromatic carbocycles. The van der Waals surface area contributed by atoms with Crippen molar-refractivity contribution in [1.29, 1.82) is 0 Å². The van der Waals surface area contributed by atoms with E-state index < -0.39 is 6.04 Å². The maximum absolute atomic E-state index is 11.7. The first-order valence-corrected chi connectivity index (χ1v) is 5.61. The fraction of sp³-hybridized carbons (Fsp3) is 0.333. The highest BCUT2D eigenvalue weighted by Gasteiger charge is 2.19. The van der Waals surface area contributed by atoms with E-state index in [0.717, 1.165) is 11.0 Å². The summed E-state index contributed by atoms with van der Waals surface area (Å²) >= 11 is 0. The number of likely N-dealkylation sites (N-methyl/N-ethyl adjacent to an activating group) is 1. The molecule has 2 rings (SSSR count). The van der Waals surface area contributed by atoms with Crippen molar-refractivity contribution in [3.8, 4) is 5.75 Å². The van der Waals surface area contributed by atoms with Gasteiger partial charge in [0, 0.05) is 13.1 Å². The summed E-state index contributed by atoms with van der Waals surface area (Å²) in [4.78, 5) is 15.9. The lowest BCUT2D eigenvalue weighted by Crippen LogP contribution is -2.28. The van der Waals surface area contributed by atoms with Gasteiger partial charge in [0.05, 0.1) is 18.1 Å². The first-order chi connectivity index (χ1) is 8.58. The van der Waals surface area contributed by atoms with Gasteiger partial charge in [0.15, 0.2) is 0 Å². The number of nitrogen functional groups attached to an aromatic ring is 1. The van der Waals surface area contributed by atoms with Crippen molar-refractivity contribution < 1.29 is 9.53 Å². The van der Waals surface area contributed by atoms with Crippen LogP contribution in [0.25, 0.3) is 11.0 Å². The van der Waals surface area contributed by atoms with Crippen molar-refractivity contribution in [2.45, 2.75) is 13.0 Å².